The maximum absolute atomic E-state index is 11.7. The maximum atomic E-state index is 11.7. The van der Waals surface area contributed by atoms with Crippen LogP contribution in [-0.2, 0) is 10.0 Å². The molecule has 1 fully saturated rings. The fourth-order valence-electron chi connectivity index (χ4n) is 0.947. The lowest BCUT2D eigenvalue weighted by molar-refractivity contribution is 0.153. The average molecular weight is 228 g/mol. The Morgan fingerprint density at radius 2 is 2.00 bits per heavy atom. The highest BCUT2D eigenvalue weighted by Gasteiger charge is 2.21. The molecular weight excluding hydrogens is 214 g/mol. The summed E-state index contributed by atoms with van der Waals surface area (Å²) in [6.45, 7) is -0.477. The Bertz CT molecular complexity index is 265. The summed E-state index contributed by atoms with van der Waals surface area (Å²) in [5.74, 6) is -0.143. The Morgan fingerprint density at radius 3 is 2.50 bits per heavy atom. The predicted octanol–water partition coefficient (Wildman–Crippen LogP) is -0.0771. The van der Waals surface area contributed by atoms with Crippen molar-refractivity contribution < 1.29 is 17.2 Å². The van der Waals surface area contributed by atoms with Crippen molar-refractivity contribution in [3.05, 3.63) is 0 Å². The van der Waals surface area contributed by atoms with Gasteiger partial charge in [0.1, 0.15) is 0 Å². The molecule has 14 heavy (non-hydrogen) atoms. The maximum Gasteiger partial charge on any atom is 0.251 e. The van der Waals surface area contributed by atoms with Crippen LogP contribution in [0.2, 0.25) is 0 Å². The lowest BCUT2D eigenvalue weighted by Crippen LogP contribution is -2.35. The van der Waals surface area contributed by atoms with Crippen molar-refractivity contribution in [1.82, 2.24) is 10.0 Å². The molecule has 1 saturated carbocycles. The number of hydrogen-bond acceptors (Lipinski definition) is 3. The molecule has 0 unspecified atom stereocenters. The monoisotopic (exact) mass is 228 g/mol. The fourth-order valence-corrected chi connectivity index (χ4v) is 1.86. The number of alkyl halides is 2. The molecule has 1 rings (SSSR count). The summed E-state index contributed by atoms with van der Waals surface area (Å²) in [5, 5.41) is 2.99. The van der Waals surface area contributed by atoms with Crippen LogP contribution in [0.3, 0.4) is 0 Å². The molecule has 2 N–H and O–H groups in total. The van der Waals surface area contributed by atoms with Crippen LogP contribution in [-0.4, -0.2) is 39.7 Å². The van der Waals surface area contributed by atoms with Gasteiger partial charge in [-0.05, 0) is 12.8 Å². The summed E-state index contributed by atoms with van der Waals surface area (Å²) in [7, 11) is -3.54. The van der Waals surface area contributed by atoms with E-state index in [4.69, 9.17) is 0 Å². The zero-order valence-electron chi connectivity index (χ0n) is 7.67. The van der Waals surface area contributed by atoms with Crippen LogP contribution in [0.5, 0.6) is 0 Å². The summed E-state index contributed by atoms with van der Waals surface area (Å²) in [5.41, 5.74) is 0. The molecule has 7 heteroatoms. The molecule has 0 amide bonds. The van der Waals surface area contributed by atoms with E-state index in [2.05, 4.69) is 5.32 Å². The molecule has 0 aromatic heterocycles. The summed E-state index contributed by atoms with van der Waals surface area (Å²) in [6, 6.07) is 0.431. The highest BCUT2D eigenvalue weighted by molar-refractivity contribution is 7.89. The van der Waals surface area contributed by atoms with Crippen molar-refractivity contribution in [2.45, 2.75) is 25.3 Å². The van der Waals surface area contributed by atoms with Gasteiger partial charge in [-0.2, -0.15) is 0 Å². The summed E-state index contributed by atoms with van der Waals surface area (Å²) in [4.78, 5) is 0. The van der Waals surface area contributed by atoms with Gasteiger partial charge in [0, 0.05) is 12.6 Å². The molecule has 4 nitrogen and oxygen atoms in total. The normalized spacial score (nSPS) is 17.6. The zero-order chi connectivity index (χ0) is 10.6. The predicted molar refractivity (Wildman–Crippen MR) is 48.8 cm³/mol. The van der Waals surface area contributed by atoms with Crippen LogP contribution in [0.25, 0.3) is 0 Å². The van der Waals surface area contributed by atoms with E-state index in [1.54, 1.807) is 0 Å². The highest BCUT2D eigenvalue weighted by atomic mass is 32.2. The van der Waals surface area contributed by atoms with E-state index in [0.717, 1.165) is 12.8 Å². The zero-order valence-corrected chi connectivity index (χ0v) is 8.49. The standard InChI is InChI=1S/C7H14F2N2O2S/c8-7(9)5-11-14(12,13)4-3-10-6-1-2-6/h6-7,10-11H,1-5H2. The Balaban J connectivity index is 2.12. The average Bonchev–Trinajstić information content (AvgIpc) is 2.85. The van der Waals surface area contributed by atoms with Gasteiger partial charge >= 0.3 is 0 Å². The molecule has 0 radical (unpaired) electrons. The Kier molecular flexibility index (Phi) is 4.21. The van der Waals surface area contributed by atoms with Crippen molar-refractivity contribution >= 4 is 10.0 Å². The molecule has 84 valence electrons. The van der Waals surface area contributed by atoms with Gasteiger partial charge in [-0.3, -0.25) is 0 Å². The molecular formula is C7H14F2N2O2S. The minimum absolute atomic E-state index is 0.143. The molecule has 0 bridgehead atoms. The number of rotatable bonds is 7. The van der Waals surface area contributed by atoms with Crippen LogP contribution in [0.15, 0.2) is 0 Å². The van der Waals surface area contributed by atoms with Gasteiger partial charge in [-0.25, -0.2) is 21.9 Å². The fraction of sp³-hybridized carbons (Fsp3) is 1.00. The third-order valence-electron chi connectivity index (χ3n) is 1.84. The van der Waals surface area contributed by atoms with Crippen molar-refractivity contribution in [3.8, 4) is 0 Å². The van der Waals surface area contributed by atoms with Gasteiger partial charge in [-0.1, -0.05) is 0 Å². The largest absolute Gasteiger partial charge is 0.313 e. The smallest absolute Gasteiger partial charge is 0.251 e. The first-order chi connectivity index (χ1) is 6.49. The van der Waals surface area contributed by atoms with Crippen molar-refractivity contribution in [3.63, 3.8) is 0 Å². The third kappa shape index (κ3) is 5.46. The molecule has 0 atom stereocenters. The number of nitrogens with one attached hydrogen (secondary N) is 2. The van der Waals surface area contributed by atoms with Gasteiger partial charge in [0.25, 0.3) is 6.43 Å². The first-order valence-electron chi connectivity index (χ1n) is 4.48. The Hall–Kier alpha value is -0.270. The van der Waals surface area contributed by atoms with Gasteiger partial charge in [0.15, 0.2) is 0 Å². The van der Waals surface area contributed by atoms with Crippen molar-refractivity contribution in [2.75, 3.05) is 18.8 Å². The minimum atomic E-state index is -3.54. The first-order valence-corrected chi connectivity index (χ1v) is 6.14. The second-order valence-electron chi connectivity index (χ2n) is 3.29. The lowest BCUT2D eigenvalue weighted by Gasteiger charge is -2.06. The topological polar surface area (TPSA) is 58.2 Å². The van der Waals surface area contributed by atoms with E-state index in [1.807, 2.05) is 4.72 Å². The second kappa shape index (κ2) is 4.99. The van der Waals surface area contributed by atoms with E-state index in [1.165, 1.54) is 0 Å². The molecule has 0 spiro atoms. The van der Waals surface area contributed by atoms with Crippen molar-refractivity contribution in [2.24, 2.45) is 0 Å². The van der Waals surface area contributed by atoms with Gasteiger partial charge < -0.3 is 5.32 Å². The van der Waals surface area contributed by atoms with Crippen LogP contribution in [0.1, 0.15) is 12.8 Å². The molecule has 0 aromatic rings. The number of hydrogen-bond donors (Lipinski definition) is 2. The highest BCUT2D eigenvalue weighted by Crippen LogP contribution is 2.17. The van der Waals surface area contributed by atoms with E-state index in [-0.39, 0.29) is 5.75 Å². The SMILES string of the molecule is O=S(=O)(CCNC1CC1)NCC(F)F. The Labute approximate surface area is 82.1 Å². The lowest BCUT2D eigenvalue weighted by atomic mass is 10.6. The van der Waals surface area contributed by atoms with Crippen LogP contribution in [0.4, 0.5) is 8.78 Å². The molecule has 0 heterocycles. The van der Waals surface area contributed by atoms with E-state index in [9.17, 15) is 17.2 Å². The minimum Gasteiger partial charge on any atom is -0.313 e. The second-order valence-corrected chi connectivity index (χ2v) is 5.21. The summed E-state index contributed by atoms with van der Waals surface area (Å²) in [6.07, 6.45) is -0.490. The quantitative estimate of drug-likeness (QED) is 0.641. The van der Waals surface area contributed by atoms with Gasteiger partial charge in [-0.15, -0.1) is 0 Å². The molecule has 0 aromatic carbocycles. The summed E-state index contributed by atoms with van der Waals surface area (Å²) < 4.78 is 47.3. The first kappa shape index (κ1) is 11.8. The molecule has 0 aliphatic heterocycles. The van der Waals surface area contributed by atoms with E-state index in [0.29, 0.717) is 12.6 Å². The van der Waals surface area contributed by atoms with E-state index < -0.39 is 23.0 Å². The summed E-state index contributed by atoms with van der Waals surface area (Å²) >= 11 is 0. The third-order valence-corrected chi connectivity index (χ3v) is 3.19. The van der Waals surface area contributed by atoms with Crippen molar-refractivity contribution in [1.29, 1.82) is 0 Å². The molecule has 1 aliphatic rings. The van der Waals surface area contributed by atoms with Gasteiger partial charge in [0.05, 0.1) is 12.3 Å². The van der Waals surface area contributed by atoms with Crippen LogP contribution < -0.4 is 10.0 Å². The van der Waals surface area contributed by atoms with Crippen LogP contribution in [0, 0.1) is 0 Å². The van der Waals surface area contributed by atoms with E-state index >= 15 is 0 Å². The molecule has 1 aliphatic carbocycles. The molecule has 0 saturated heterocycles. The van der Waals surface area contributed by atoms with Crippen LogP contribution >= 0.6 is 0 Å². The van der Waals surface area contributed by atoms with Gasteiger partial charge in [0.2, 0.25) is 10.0 Å². The number of halogens is 2. The number of sulfonamides is 1. The Morgan fingerprint density at radius 1 is 1.36 bits per heavy atom.